The summed E-state index contributed by atoms with van der Waals surface area (Å²) < 4.78 is 28.2. The summed E-state index contributed by atoms with van der Waals surface area (Å²) in [5.41, 5.74) is 0.0255. The number of aliphatic carboxylic acids is 1. The van der Waals surface area contributed by atoms with Gasteiger partial charge in [-0.1, -0.05) is 19.9 Å². The monoisotopic (exact) mass is 286 g/mol. The van der Waals surface area contributed by atoms with Crippen LogP contribution in [0.5, 0.6) is 5.75 Å². The molecule has 1 rings (SSSR count). The van der Waals surface area contributed by atoms with Crippen molar-refractivity contribution in [1.82, 2.24) is 0 Å². The van der Waals surface area contributed by atoms with Gasteiger partial charge in [-0.3, -0.25) is 4.79 Å². The lowest BCUT2D eigenvalue weighted by atomic mass is 9.81. The van der Waals surface area contributed by atoms with E-state index in [2.05, 4.69) is 0 Å². The molecule has 0 saturated heterocycles. The highest BCUT2D eigenvalue weighted by Crippen LogP contribution is 2.35. The molecule has 0 unspecified atom stereocenters. The van der Waals surface area contributed by atoms with E-state index in [1.54, 1.807) is 19.9 Å². The lowest BCUT2D eigenvalue weighted by molar-refractivity contribution is -0.138. The second-order valence-corrected chi connectivity index (χ2v) is 7.10. The molecular weight excluding hydrogens is 268 g/mol. The van der Waals surface area contributed by atoms with Gasteiger partial charge < -0.3 is 9.84 Å². The van der Waals surface area contributed by atoms with Crippen molar-refractivity contribution in [2.75, 3.05) is 13.4 Å². The zero-order valence-corrected chi connectivity index (χ0v) is 12.2. The Labute approximate surface area is 113 Å². The third-order valence-electron chi connectivity index (χ3n) is 2.92. The highest BCUT2D eigenvalue weighted by atomic mass is 32.2. The minimum absolute atomic E-state index is 0.0679. The molecule has 1 N–H and O–H groups in total. The molecule has 0 atom stereocenters. The number of carboxylic acid groups (broad SMARTS) is 1. The zero-order valence-electron chi connectivity index (χ0n) is 11.4. The van der Waals surface area contributed by atoms with Gasteiger partial charge in [-0.05, 0) is 12.1 Å². The molecule has 0 aliphatic heterocycles. The Kier molecular flexibility index (Phi) is 4.25. The summed E-state index contributed by atoms with van der Waals surface area (Å²) in [7, 11) is -1.88. The number of hydrogen-bond donors (Lipinski definition) is 1. The molecular formula is C13H18O5S. The largest absolute Gasteiger partial charge is 0.496 e. The molecule has 0 saturated carbocycles. The Bertz CT molecular complexity index is 587. The van der Waals surface area contributed by atoms with Gasteiger partial charge in [0.15, 0.2) is 9.84 Å². The second kappa shape index (κ2) is 5.21. The van der Waals surface area contributed by atoms with E-state index >= 15 is 0 Å². The molecule has 0 amide bonds. The van der Waals surface area contributed by atoms with Gasteiger partial charge >= 0.3 is 5.97 Å². The lowest BCUT2D eigenvalue weighted by Crippen LogP contribution is -2.22. The van der Waals surface area contributed by atoms with Gasteiger partial charge in [0.25, 0.3) is 0 Å². The number of rotatable bonds is 5. The topological polar surface area (TPSA) is 80.7 Å². The maximum Gasteiger partial charge on any atom is 0.304 e. The Morgan fingerprint density at radius 1 is 1.37 bits per heavy atom. The molecule has 6 heteroatoms. The van der Waals surface area contributed by atoms with E-state index in [-0.39, 0.29) is 11.3 Å². The number of carboxylic acids is 1. The second-order valence-electron chi connectivity index (χ2n) is 5.09. The van der Waals surface area contributed by atoms with Crippen LogP contribution < -0.4 is 4.74 Å². The van der Waals surface area contributed by atoms with Gasteiger partial charge in [-0.25, -0.2) is 8.42 Å². The maximum atomic E-state index is 11.5. The Balaban J connectivity index is 3.34. The van der Waals surface area contributed by atoms with Crippen molar-refractivity contribution in [3.8, 4) is 5.75 Å². The first-order valence-corrected chi connectivity index (χ1v) is 7.57. The molecule has 0 aliphatic rings. The highest BCUT2D eigenvalue weighted by Gasteiger charge is 2.28. The van der Waals surface area contributed by atoms with Crippen LogP contribution in [0.2, 0.25) is 0 Å². The Hall–Kier alpha value is -1.56. The summed E-state index contributed by atoms with van der Waals surface area (Å²) >= 11 is 0. The molecule has 1 aromatic carbocycles. The van der Waals surface area contributed by atoms with Crippen molar-refractivity contribution >= 4 is 15.8 Å². The summed E-state index contributed by atoms with van der Waals surface area (Å²) in [6.07, 6.45) is 1.05. The zero-order chi connectivity index (χ0) is 14.8. The quantitative estimate of drug-likeness (QED) is 0.893. The predicted octanol–water partition coefficient (Wildman–Crippen LogP) is 1.85. The molecule has 106 valence electrons. The molecule has 0 radical (unpaired) electrons. The van der Waals surface area contributed by atoms with Crippen molar-refractivity contribution in [2.45, 2.75) is 30.6 Å². The summed E-state index contributed by atoms with van der Waals surface area (Å²) in [6.45, 7) is 3.55. The fraction of sp³-hybridized carbons (Fsp3) is 0.462. The van der Waals surface area contributed by atoms with Crippen LogP contribution in [0.1, 0.15) is 25.8 Å². The number of methoxy groups -OCH3 is 1. The minimum atomic E-state index is -3.32. The summed E-state index contributed by atoms with van der Waals surface area (Å²) in [5, 5.41) is 8.92. The SMILES string of the molecule is COc1cc(S(C)(=O)=O)ccc1C(C)(C)CC(=O)O. The first-order chi connectivity index (χ1) is 8.58. The van der Waals surface area contributed by atoms with E-state index in [9.17, 15) is 13.2 Å². The van der Waals surface area contributed by atoms with E-state index in [1.807, 2.05) is 0 Å². The van der Waals surface area contributed by atoms with Gasteiger partial charge in [0.2, 0.25) is 0 Å². The Morgan fingerprint density at radius 2 is 1.95 bits per heavy atom. The summed E-state index contributed by atoms with van der Waals surface area (Å²) in [5.74, 6) is -0.534. The molecule has 0 spiro atoms. The van der Waals surface area contributed by atoms with E-state index in [0.29, 0.717) is 11.3 Å². The van der Waals surface area contributed by atoms with Crippen molar-refractivity contribution in [3.63, 3.8) is 0 Å². The van der Waals surface area contributed by atoms with Crippen molar-refractivity contribution in [3.05, 3.63) is 23.8 Å². The van der Waals surface area contributed by atoms with E-state index in [4.69, 9.17) is 9.84 Å². The van der Waals surface area contributed by atoms with E-state index < -0.39 is 21.2 Å². The molecule has 19 heavy (non-hydrogen) atoms. The normalized spacial score (nSPS) is 12.2. The molecule has 0 bridgehead atoms. The summed E-state index contributed by atoms with van der Waals surface area (Å²) in [6, 6.07) is 4.50. The van der Waals surface area contributed by atoms with Gasteiger partial charge in [-0.2, -0.15) is 0 Å². The van der Waals surface area contributed by atoms with Crippen molar-refractivity contribution < 1.29 is 23.1 Å². The van der Waals surface area contributed by atoms with Crippen LogP contribution in [-0.2, 0) is 20.0 Å². The number of benzene rings is 1. The van der Waals surface area contributed by atoms with Crippen LogP contribution in [-0.4, -0.2) is 32.9 Å². The van der Waals surface area contributed by atoms with Gasteiger partial charge in [0, 0.05) is 17.2 Å². The fourth-order valence-corrected chi connectivity index (χ4v) is 2.57. The highest BCUT2D eigenvalue weighted by molar-refractivity contribution is 7.90. The van der Waals surface area contributed by atoms with E-state index in [0.717, 1.165) is 6.26 Å². The van der Waals surface area contributed by atoms with Crippen molar-refractivity contribution in [2.24, 2.45) is 0 Å². The molecule has 0 heterocycles. The van der Waals surface area contributed by atoms with Crippen LogP contribution in [0.25, 0.3) is 0 Å². The van der Waals surface area contributed by atoms with Gasteiger partial charge in [0.05, 0.1) is 18.4 Å². The number of sulfone groups is 1. The first-order valence-electron chi connectivity index (χ1n) is 5.68. The predicted molar refractivity (Wildman–Crippen MR) is 71.4 cm³/mol. The molecule has 0 fully saturated rings. The maximum absolute atomic E-state index is 11.5. The standard InChI is InChI=1S/C13H18O5S/c1-13(2,8-12(14)15)10-6-5-9(19(4,16)17)7-11(10)18-3/h5-7H,8H2,1-4H3,(H,14,15). The first kappa shape index (κ1) is 15.5. The van der Waals surface area contributed by atoms with Crippen LogP contribution in [0.3, 0.4) is 0 Å². The van der Waals surface area contributed by atoms with Gasteiger partial charge in [-0.15, -0.1) is 0 Å². The smallest absolute Gasteiger partial charge is 0.304 e. The van der Waals surface area contributed by atoms with Crippen LogP contribution >= 0.6 is 0 Å². The van der Waals surface area contributed by atoms with Crippen molar-refractivity contribution in [1.29, 1.82) is 0 Å². The average molecular weight is 286 g/mol. The van der Waals surface area contributed by atoms with E-state index in [1.165, 1.54) is 19.2 Å². The van der Waals surface area contributed by atoms with Gasteiger partial charge in [0.1, 0.15) is 5.75 Å². The third kappa shape index (κ3) is 3.70. The number of carbonyl (C=O) groups is 1. The number of ether oxygens (including phenoxy) is 1. The van der Waals surface area contributed by atoms with Crippen LogP contribution in [0.4, 0.5) is 0 Å². The molecule has 5 nitrogen and oxygen atoms in total. The van der Waals surface area contributed by atoms with Crippen LogP contribution in [0.15, 0.2) is 23.1 Å². The lowest BCUT2D eigenvalue weighted by Gasteiger charge is -2.25. The fourth-order valence-electron chi connectivity index (χ4n) is 1.93. The molecule has 0 aromatic heterocycles. The van der Waals surface area contributed by atoms with Crippen LogP contribution in [0, 0.1) is 0 Å². The minimum Gasteiger partial charge on any atom is -0.496 e. The molecule has 1 aromatic rings. The third-order valence-corrected chi connectivity index (χ3v) is 4.03. The summed E-state index contributed by atoms with van der Waals surface area (Å²) in [4.78, 5) is 11.0. The Morgan fingerprint density at radius 3 is 2.37 bits per heavy atom. The molecule has 0 aliphatic carbocycles. The average Bonchev–Trinajstić information content (AvgIpc) is 2.25. The number of hydrogen-bond acceptors (Lipinski definition) is 4.